The maximum absolute atomic E-state index is 11.9. The minimum absolute atomic E-state index is 0. The Morgan fingerprint density at radius 3 is 2.67 bits per heavy atom. The normalized spacial score (nSPS) is 12.8. The number of benzene rings is 1. The van der Waals surface area contributed by atoms with Crippen LogP contribution in [0.2, 0.25) is 0 Å². The molecule has 1 heterocycles. The highest BCUT2D eigenvalue weighted by molar-refractivity contribution is 5.85. The Labute approximate surface area is 124 Å². The van der Waals surface area contributed by atoms with Gasteiger partial charge in [-0.1, -0.05) is 18.2 Å². The summed E-state index contributed by atoms with van der Waals surface area (Å²) in [6.45, 7) is -1.62. The van der Waals surface area contributed by atoms with E-state index < -0.39 is 24.8 Å². The van der Waals surface area contributed by atoms with Crippen molar-refractivity contribution in [2.75, 3.05) is 6.61 Å². The fraction of sp³-hybridized carbons (Fsp3) is 0.308. The van der Waals surface area contributed by atoms with Crippen LogP contribution in [0.1, 0.15) is 5.56 Å². The summed E-state index contributed by atoms with van der Waals surface area (Å²) in [5, 5.41) is 0.881. The van der Waals surface area contributed by atoms with Gasteiger partial charge < -0.3 is 15.5 Å². The Kier molecular flexibility index (Phi) is 5.62. The molecule has 0 aliphatic heterocycles. The number of rotatable bonds is 4. The minimum atomic E-state index is -4.55. The number of para-hydroxylation sites is 1. The second kappa shape index (κ2) is 6.82. The van der Waals surface area contributed by atoms with Crippen LogP contribution in [0.4, 0.5) is 13.2 Å². The largest absolute Gasteiger partial charge is 0.455 e. The summed E-state index contributed by atoms with van der Waals surface area (Å²) in [7, 11) is 0. The van der Waals surface area contributed by atoms with Gasteiger partial charge in [0.15, 0.2) is 6.61 Å². The molecule has 1 aromatic heterocycles. The Morgan fingerprint density at radius 1 is 1.33 bits per heavy atom. The molecule has 0 unspecified atom stereocenters. The van der Waals surface area contributed by atoms with Crippen molar-refractivity contribution in [3.63, 3.8) is 0 Å². The summed E-state index contributed by atoms with van der Waals surface area (Å²) < 4.78 is 40.0. The van der Waals surface area contributed by atoms with Gasteiger partial charge in [0.05, 0.1) is 0 Å². The van der Waals surface area contributed by atoms with E-state index in [0.717, 1.165) is 16.5 Å². The number of carbonyl (C=O) groups excluding carboxylic acids is 1. The average molecular weight is 323 g/mol. The SMILES string of the molecule is Cl.N[C@@H](Cc1c[nH]c2ccccc12)C(=O)OCC(F)(F)F. The monoisotopic (exact) mass is 322 g/mol. The highest BCUT2D eigenvalue weighted by atomic mass is 35.5. The van der Waals surface area contributed by atoms with Crippen molar-refractivity contribution in [2.45, 2.75) is 18.6 Å². The smallest absolute Gasteiger partial charge is 0.422 e. The van der Waals surface area contributed by atoms with Crippen LogP contribution in [-0.2, 0) is 16.0 Å². The van der Waals surface area contributed by atoms with E-state index in [-0.39, 0.29) is 18.8 Å². The molecule has 3 N–H and O–H groups in total. The van der Waals surface area contributed by atoms with Crippen LogP contribution < -0.4 is 5.73 Å². The number of aromatic nitrogens is 1. The number of esters is 1. The molecule has 0 saturated heterocycles. The molecule has 0 radical (unpaired) electrons. The first-order valence-electron chi connectivity index (χ1n) is 5.91. The third-order valence-corrected chi connectivity index (χ3v) is 2.80. The van der Waals surface area contributed by atoms with Gasteiger partial charge in [-0.25, -0.2) is 0 Å². The first-order valence-corrected chi connectivity index (χ1v) is 5.91. The Hall–Kier alpha value is -1.73. The molecule has 0 saturated carbocycles. The molecule has 0 fully saturated rings. The third-order valence-electron chi connectivity index (χ3n) is 2.80. The Bertz CT molecular complexity index is 613. The highest BCUT2D eigenvalue weighted by Gasteiger charge is 2.30. The molecule has 4 nitrogen and oxygen atoms in total. The summed E-state index contributed by atoms with van der Waals surface area (Å²) in [6, 6.07) is 6.24. The molecule has 1 aromatic carbocycles. The molecule has 0 spiro atoms. The standard InChI is InChI=1S/C13H13F3N2O2.ClH/c14-13(15,16)7-20-12(19)10(17)5-8-6-18-11-4-2-1-3-9(8)11;/h1-4,6,10,18H,5,7,17H2;1H/t10-;/m0./s1. The second-order valence-electron chi connectivity index (χ2n) is 4.39. The van der Waals surface area contributed by atoms with Gasteiger partial charge in [0.25, 0.3) is 0 Å². The fourth-order valence-corrected chi connectivity index (χ4v) is 1.88. The van der Waals surface area contributed by atoms with Crippen LogP contribution >= 0.6 is 12.4 Å². The van der Waals surface area contributed by atoms with E-state index in [9.17, 15) is 18.0 Å². The van der Waals surface area contributed by atoms with Crippen molar-refractivity contribution in [3.8, 4) is 0 Å². The maximum Gasteiger partial charge on any atom is 0.422 e. The lowest BCUT2D eigenvalue weighted by Crippen LogP contribution is -2.36. The first-order chi connectivity index (χ1) is 9.37. The van der Waals surface area contributed by atoms with Gasteiger partial charge in [-0.05, 0) is 11.6 Å². The lowest BCUT2D eigenvalue weighted by atomic mass is 10.1. The molecule has 8 heteroatoms. The van der Waals surface area contributed by atoms with E-state index in [0.29, 0.717) is 0 Å². The second-order valence-corrected chi connectivity index (χ2v) is 4.39. The van der Waals surface area contributed by atoms with Crippen molar-refractivity contribution in [2.24, 2.45) is 5.73 Å². The number of aromatic amines is 1. The van der Waals surface area contributed by atoms with Crippen LogP contribution in [0.5, 0.6) is 0 Å². The summed E-state index contributed by atoms with van der Waals surface area (Å²) in [4.78, 5) is 14.4. The summed E-state index contributed by atoms with van der Waals surface area (Å²) in [5.74, 6) is -1.06. The number of nitrogens with two attached hydrogens (primary N) is 1. The van der Waals surface area contributed by atoms with Gasteiger partial charge in [0.2, 0.25) is 0 Å². The number of hydrogen-bond donors (Lipinski definition) is 2. The molecule has 116 valence electrons. The van der Waals surface area contributed by atoms with E-state index in [1.807, 2.05) is 24.3 Å². The summed E-state index contributed by atoms with van der Waals surface area (Å²) in [6.07, 6.45) is -2.75. The molecule has 1 atom stereocenters. The van der Waals surface area contributed by atoms with Crippen LogP contribution in [-0.4, -0.2) is 29.8 Å². The number of hydrogen-bond acceptors (Lipinski definition) is 3. The number of halogens is 4. The molecule has 2 rings (SSSR count). The topological polar surface area (TPSA) is 68.1 Å². The van der Waals surface area contributed by atoms with Crippen LogP contribution in [0.3, 0.4) is 0 Å². The van der Waals surface area contributed by atoms with Gasteiger partial charge >= 0.3 is 12.1 Å². The van der Waals surface area contributed by atoms with Gasteiger partial charge in [0.1, 0.15) is 6.04 Å². The predicted molar refractivity (Wildman–Crippen MR) is 74.2 cm³/mol. The molecule has 0 aliphatic carbocycles. The summed E-state index contributed by atoms with van der Waals surface area (Å²) in [5.41, 5.74) is 7.21. The van der Waals surface area contributed by atoms with E-state index in [1.54, 1.807) is 6.20 Å². The van der Waals surface area contributed by atoms with Crippen molar-refractivity contribution in [1.29, 1.82) is 0 Å². The van der Waals surface area contributed by atoms with E-state index >= 15 is 0 Å². The molecule has 0 bridgehead atoms. The lowest BCUT2D eigenvalue weighted by molar-refractivity contribution is -0.187. The molecule has 0 aliphatic rings. The number of carbonyl (C=O) groups is 1. The van der Waals surface area contributed by atoms with Crippen LogP contribution in [0.15, 0.2) is 30.5 Å². The maximum atomic E-state index is 11.9. The number of alkyl halides is 3. The molecule has 21 heavy (non-hydrogen) atoms. The molecule has 0 amide bonds. The quantitative estimate of drug-likeness (QED) is 0.850. The zero-order chi connectivity index (χ0) is 14.8. The number of ether oxygens (including phenoxy) is 1. The van der Waals surface area contributed by atoms with Crippen molar-refractivity contribution in [1.82, 2.24) is 4.98 Å². The van der Waals surface area contributed by atoms with Gasteiger partial charge in [-0.3, -0.25) is 4.79 Å². The number of fused-ring (bicyclic) bond motifs is 1. The molecule has 2 aromatic rings. The van der Waals surface area contributed by atoms with Gasteiger partial charge in [-0.2, -0.15) is 13.2 Å². The fourth-order valence-electron chi connectivity index (χ4n) is 1.88. The van der Waals surface area contributed by atoms with Crippen molar-refractivity contribution in [3.05, 3.63) is 36.0 Å². The number of H-pyrrole nitrogens is 1. The van der Waals surface area contributed by atoms with Crippen molar-refractivity contribution < 1.29 is 22.7 Å². The molecular formula is C13H14ClF3N2O2. The minimum Gasteiger partial charge on any atom is -0.455 e. The Balaban J connectivity index is 0.00000220. The molecular weight excluding hydrogens is 309 g/mol. The zero-order valence-electron chi connectivity index (χ0n) is 10.8. The average Bonchev–Trinajstić information content (AvgIpc) is 2.78. The summed E-state index contributed by atoms with van der Waals surface area (Å²) >= 11 is 0. The zero-order valence-corrected chi connectivity index (χ0v) is 11.6. The van der Waals surface area contributed by atoms with Gasteiger partial charge in [0, 0.05) is 23.5 Å². The van der Waals surface area contributed by atoms with E-state index in [4.69, 9.17) is 5.73 Å². The first kappa shape index (κ1) is 17.3. The lowest BCUT2D eigenvalue weighted by Gasteiger charge is -2.12. The van der Waals surface area contributed by atoms with E-state index in [1.165, 1.54) is 0 Å². The van der Waals surface area contributed by atoms with Crippen LogP contribution in [0, 0.1) is 0 Å². The Morgan fingerprint density at radius 2 is 2.00 bits per heavy atom. The highest BCUT2D eigenvalue weighted by Crippen LogP contribution is 2.19. The van der Waals surface area contributed by atoms with E-state index in [2.05, 4.69) is 9.72 Å². The third kappa shape index (κ3) is 4.64. The number of nitrogens with one attached hydrogen (secondary N) is 1. The van der Waals surface area contributed by atoms with Gasteiger partial charge in [-0.15, -0.1) is 12.4 Å². The predicted octanol–water partition coefficient (Wildman–Crippen LogP) is 2.57. The van der Waals surface area contributed by atoms with Crippen LogP contribution in [0.25, 0.3) is 10.9 Å². The van der Waals surface area contributed by atoms with Crippen molar-refractivity contribution >= 4 is 29.3 Å².